The summed E-state index contributed by atoms with van der Waals surface area (Å²) in [4.78, 5) is 5.95. The molecular weight excluding hydrogens is 375 g/mol. The number of nitrogens with zero attached hydrogens (tertiary/aromatic N) is 2. The number of aliphatic hydroxyl groups is 1. The van der Waals surface area contributed by atoms with Crippen molar-refractivity contribution in [1.82, 2.24) is 9.88 Å². The van der Waals surface area contributed by atoms with Crippen molar-refractivity contribution in [3.63, 3.8) is 0 Å². The van der Waals surface area contributed by atoms with E-state index < -0.39 is 11.7 Å². The van der Waals surface area contributed by atoms with Gasteiger partial charge in [-0.25, -0.2) is 4.98 Å². The minimum atomic E-state index is -4.45. The van der Waals surface area contributed by atoms with Crippen LogP contribution in [-0.2, 0) is 6.18 Å². The maximum absolute atomic E-state index is 13.0. The monoisotopic (exact) mass is 397 g/mol. The Bertz CT molecular complexity index is 486. The molecule has 0 aliphatic heterocycles. The number of aliphatic hydroxyl groups excluding tert-OH is 1. The standard InChI is InChI=1S/C15H23BrF3N3O/c1-3-22(7-8-23)6-4-5-11(2)21-14-13(15(17,18)19)9-12(16)10-20-14/h9-11,23H,3-8H2,1-2H3,(H,20,21). The van der Waals surface area contributed by atoms with Gasteiger partial charge in [0.25, 0.3) is 0 Å². The van der Waals surface area contributed by atoms with Gasteiger partial charge in [-0.2, -0.15) is 13.2 Å². The highest BCUT2D eigenvalue weighted by atomic mass is 79.9. The van der Waals surface area contributed by atoms with E-state index in [-0.39, 0.29) is 18.5 Å². The normalized spacial score (nSPS) is 13.4. The zero-order valence-electron chi connectivity index (χ0n) is 13.3. The number of hydrogen-bond acceptors (Lipinski definition) is 4. The van der Waals surface area contributed by atoms with E-state index >= 15 is 0 Å². The van der Waals surface area contributed by atoms with Crippen LogP contribution in [0.5, 0.6) is 0 Å². The van der Waals surface area contributed by atoms with Gasteiger partial charge in [-0.15, -0.1) is 0 Å². The first kappa shape index (κ1) is 20.2. The number of rotatable bonds is 9. The van der Waals surface area contributed by atoms with Crippen LogP contribution in [0.15, 0.2) is 16.7 Å². The molecule has 0 aliphatic rings. The van der Waals surface area contributed by atoms with Crippen LogP contribution in [0.2, 0.25) is 0 Å². The summed E-state index contributed by atoms with van der Waals surface area (Å²) in [5.74, 6) is -0.143. The molecule has 2 N–H and O–H groups in total. The SMILES string of the molecule is CCN(CCO)CCCC(C)Nc1ncc(Br)cc1C(F)(F)F. The summed E-state index contributed by atoms with van der Waals surface area (Å²) in [6.45, 7) is 6.23. The Kier molecular flexibility index (Phi) is 8.28. The maximum atomic E-state index is 13.0. The number of aromatic nitrogens is 1. The predicted octanol–water partition coefficient (Wildman–Crippen LogP) is 3.76. The van der Waals surface area contributed by atoms with E-state index in [4.69, 9.17) is 5.11 Å². The summed E-state index contributed by atoms with van der Waals surface area (Å²) in [7, 11) is 0. The number of halogens is 4. The first-order chi connectivity index (χ1) is 10.8. The zero-order chi connectivity index (χ0) is 17.5. The molecule has 23 heavy (non-hydrogen) atoms. The van der Waals surface area contributed by atoms with Gasteiger partial charge in [0.2, 0.25) is 0 Å². The molecular formula is C15H23BrF3N3O. The van der Waals surface area contributed by atoms with Crippen molar-refractivity contribution in [2.24, 2.45) is 0 Å². The number of alkyl halides is 3. The minimum Gasteiger partial charge on any atom is -0.395 e. The number of nitrogens with one attached hydrogen (secondary N) is 1. The van der Waals surface area contributed by atoms with Gasteiger partial charge in [-0.3, -0.25) is 0 Å². The summed E-state index contributed by atoms with van der Waals surface area (Å²) in [5, 5.41) is 11.8. The van der Waals surface area contributed by atoms with E-state index in [0.29, 0.717) is 11.0 Å². The Balaban J connectivity index is 2.59. The molecule has 1 aromatic rings. The van der Waals surface area contributed by atoms with Gasteiger partial charge in [0.1, 0.15) is 5.82 Å². The lowest BCUT2D eigenvalue weighted by Gasteiger charge is -2.21. The smallest absolute Gasteiger partial charge is 0.395 e. The first-order valence-corrected chi connectivity index (χ1v) is 8.39. The van der Waals surface area contributed by atoms with E-state index in [1.165, 1.54) is 6.20 Å². The summed E-state index contributed by atoms with van der Waals surface area (Å²) in [5.41, 5.74) is -0.769. The largest absolute Gasteiger partial charge is 0.419 e. The molecule has 0 bridgehead atoms. The Morgan fingerprint density at radius 1 is 1.39 bits per heavy atom. The third-order valence-electron chi connectivity index (χ3n) is 3.52. The molecule has 1 heterocycles. The van der Waals surface area contributed by atoms with Gasteiger partial charge in [0.15, 0.2) is 0 Å². The van der Waals surface area contributed by atoms with E-state index in [1.807, 2.05) is 13.8 Å². The summed E-state index contributed by atoms with van der Waals surface area (Å²) < 4.78 is 39.4. The topological polar surface area (TPSA) is 48.4 Å². The third-order valence-corrected chi connectivity index (χ3v) is 3.95. The molecule has 0 saturated carbocycles. The molecule has 0 fully saturated rings. The van der Waals surface area contributed by atoms with Crippen molar-refractivity contribution < 1.29 is 18.3 Å². The Morgan fingerprint density at radius 3 is 2.65 bits per heavy atom. The third kappa shape index (κ3) is 7.05. The fourth-order valence-corrected chi connectivity index (χ4v) is 2.60. The van der Waals surface area contributed by atoms with Crippen LogP contribution < -0.4 is 5.32 Å². The average Bonchev–Trinajstić information content (AvgIpc) is 2.47. The molecule has 0 spiro atoms. The molecule has 0 aliphatic carbocycles. The Morgan fingerprint density at radius 2 is 2.09 bits per heavy atom. The second-order valence-electron chi connectivity index (χ2n) is 5.39. The lowest BCUT2D eigenvalue weighted by Crippen LogP contribution is -2.29. The highest BCUT2D eigenvalue weighted by molar-refractivity contribution is 9.10. The zero-order valence-corrected chi connectivity index (χ0v) is 14.9. The van der Waals surface area contributed by atoms with Crippen LogP contribution in [0.3, 0.4) is 0 Å². The van der Waals surface area contributed by atoms with E-state index in [0.717, 1.165) is 32.0 Å². The average molecular weight is 398 g/mol. The number of anilines is 1. The molecule has 0 radical (unpaired) electrons. The van der Waals surface area contributed by atoms with Gasteiger partial charge in [0.05, 0.1) is 12.2 Å². The molecule has 0 saturated heterocycles. The lowest BCUT2D eigenvalue weighted by atomic mass is 10.1. The van der Waals surface area contributed by atoms with Gasteiger partial charge >= 0.3 is 6.18 Å². The number of hydrogen-bond donors (Lipinski definition) is 2. The molecule has 1 aromatic heterocycles. The van der Waals surface area contributed by atoms with Gasteiger partial charge < -0.3 is 15.3 Å². The van der Waals surface area contributed by atoms with Crippen LogP contribution in [-0.4, -0.2) is 47.3 Å². The molecule has 1 unspecified atom stereocenters. The van der Waals surface area contributed by atoms with Crippen molar-refractivity contribution in [2.45, 2.75) is 38.9 Å². The molecule has 8 heteroatoms. The number of pyridine rings is 1. The molecule has 0 aromatic carbocycles. The summed E-state index contributed by atoms with van der Waals surface area (Å²) >= 11 is 3.02. The summed E-state index contributed by atoms with van der Waals surface area (Å²) in [6.07, 6.45) is -1.54. The van der Waals surface area contributed by atoms with Crippen LogP contribution in [0.25, 0.3) is 0 Å². The second kappa shape index (κ2) is 9.44. The molecule has 132 valence electrons. The quantitative estimate of drug-likeness (QED) is 0.665. The lowest BCUT2D eigenvalue weighted by molar-refractivity contribution is -0.137. The minimum absolute atomic E-state index is 0.111. The Hall–Kier alpha value is -0.860. The van der Waals surface area contributed by atoms with Gasteiger partial charge in [0, 0.05) is 23.3 Å². The van der Waals surface area contributed by atoms with E-state index in [2.05, 4.69) is 31.1 Å². The Labute approximate surface area is 143 Å². The van der Waals surface area contributed by atoms with Crippen molar-refractivity contribution >= 4 is 21.7 Å². The first-order valence-electron chi connectivity index (χ1n) is 7.60. The fraction of sp³-hybridized carbons (Fsp3) is 0.667. The maximum Gasteiger partial charge on any atom is 0.419 e. The van der Waals surface area contributed by atoms with Gasteiger partial charge in [-0.1, -0.05) is 6.92 Å². The van der Waals surface area contributed by atoms with Gasteiger partial charge in [-0.05, 0) is 54.9 Å². The second-order valence-corrected chi connectivity index (χ2v) is 6.31. The van der Waals surface area contributed by atoms with Crippen molar-refractivity contribution in [3.05, 3.63) is 22.3 Å². The molecule has 1 atom stereocenters. The van der Waals surface area contributed by atoms with Crippen molar-refractivity contribution in [3.8, 4) is 0 Å². The van der Waals surface area contributed by atoms with Crippen LogP contribution >= 0.6 is 15.9 Å². The highest BCUT2D eigenvalue weighted by Gasteiger charge is 2.34. The fourth-order valence-electron chi connectivity index (χ4n) is 2.27. The summed E-state index contributed by atoms with van der Waals surface area (Å²) in [6, 6.07) is 0.903. The van der Waals surface area contributed by atoms with Crippen LogP contribution in [0, 0.1) is 0 Å². The van der Waals surface area contributed by atoms with Crippen molar-refractivity contribution in [2.75, 3.05) is 31.6 Å². The molecule has 1 rings (SSSR count). The van der Waals surface area contributed by atoms with Crippen LogP contribution in [0.1, 0.15) is 32.3 Å². The highest BCUT2D eigenvalue weighted by Crippen LogP contribution is 2.35. The van der Waals surface area contributed by atoms with Crippen LogP contribution in [0.4, 0.5) is 19.0 Å². The molecule has 0 amide bonds. The molecule has 4 nitrogen and oxygen atoms in total. The number of likely N-dealkylation sites (N-methyl/N-ethyl adjacent to an activating group) is 1. The van der Waals surface area contributed by atoms with E-state index in [1.54, 1.807) is 0 Å². The van der Waals surface area contributed by atoms with Crippen molar-refractivity contribution in [1.29, 1.82) is 0 Å². The van der Waals surface area contributed by atoms with E-state index in [9.17, 15) is 13.2 Å². The predicted molar refractivity (Wildman–Crippen MR) is 88.5 cm³/mol.